The van der Waals surface area contributed by atoms with E-state index in [0.29, 0.717) is 0 Å². The van der Waals surface area contributed by atoms with Crippen molar-refractivity contribution in [2.75, 3.05) is 0 Å². The third kappa shape index (κ3) is 2.38. The molecule has 0 atom stereocenters. The molecule has 0 unspecified atom stereocenters. The van der Waals surface area contributed by atoms with Gasteiger partial charge in [-0.2, -0.15) is 0 Å². The molecule has 0 bridgehead atoms. The molecule has 0 radical (unpaired) electrons. The number of fused-ring (bicyclic) bond motifs is 2. The number of aromatic amines is 2. The van der Waals surface area contributed by atoms with Crippen molar-refractivity contribution >= 4 is 28.6 Å². The van der Waals surface area contributed by atoms with Crippen molar-refractivity contribution in [3.8, 4) is 0 Å². The lowest BCUT2D eigenvalue weighted by atomic mass is 10.2. The van der Waals surface area contributed by atoms with Gasteiger partial charge in [-0.3, -0.25) is 4.40 Å². The molecule has 2 N–H and O–H groups in total. The van der Waals surface area contributed by atoms with Gasteiger partial charge in [0.1, 0.15) is 0 Å². The number of aromatic nitrogens is 5. The summed E-state index contributed by atoms with van der Waals surface area (Å²) in [6.07, 6.45) is 5.73. The van der Waals surface area contributed by atoms with Gasteiger partial charge in [-0.15, -0.1) is 0 Å². The maximum atomic E-state index is 4.50. The van der Waals surface area contributed by atoms with Crippen LogP contribution in [0.4, 0.5) is 0 Å². The van der Waals surface area contributed by atoms with Gasteiger partial charge in [-0.1, -0.05) is 6.07 Å². The molecule has 1 aromatic carbocycles. The Kier molecular flexibility index (Phi) is 2.89. The zero-order chi connectivity index (χ0) is 14.2. The Morgan fingerprint density at radius 1 is 1.38 bits per heavy atom. The number of nitrogens with zero attached hydrogens (tertiary/aromatic N) is 3. The van der Waals surface area contributed by atoms with E-state index in [1.54, 1.807) is 18.0 Å². The molecule has 3 heterocycles. The topological polar surface area (TPSA) is 60.1 Å². The molecule has 104 valence electrons. The van der Waals surface area contributed by atoms with Gasteiger partial charge in [0.2, 0.25) is 5.78 Å². The zero-order valence-corrected chi connectivity index (χ0v) is 12.3. The van der Waals surface area contributed by atoms with Crippen molar-refractivity contribution in [1.82, 2.24) is 19.4 Å². The van der Waals surface area contributed by atoms with Crippen molar-refractivity contribution in [1.29, 1.82) is 0 Å². The SMILES string of the molecule is Cc1ccc2[nH+]c(SCc3cn4cccnc4n3)[nH]c2c1. The molecule has 4 aromatic rings. The van der Waals surface area contributed by atoms with Gasteiger partial charge in [0.15, 0.2) is 11.0 Å². The van der Waals surface area contributed by atoms with Crippen LogP contribution < -0.4 is 4.98 Å². The predicted molar refractivity (Wildman–Crippen MR) is 82.1 cm³/mol. The first-order valence-electron chi connectivity index (χ1n) is 6.71. The van der Waals surface area contributed by atoms with Crippen molar-refractivity contribution in [2.24, 2.45) is 0 Å². The van der Waals surface area contributed by atoms with E-state index in [1.165, 1.54) is 5.56 Å². The smallest absolute Gasteiger partial charge is 0.291 e. The molecule has 0 aliphatic rings. The Hall–Kier alpha value is -2.34. The lowest BCUT2D eigenvalue weighted by molar-refractivity contribution is -0.396. The van der Waals surface area contributed by atoms with Gasteiger partial charge in [-0.25, -0.2) is 19.9 Å². The number of hydrogen-bond donors (Lipinski definition) is 1. The maximum absolute atomic E-state index is 4.50. The van der Waals surface area contributed by atoms with Crippen LogP contribution in [0.25, 0.3) is 16.8 Å². The van der Waals surface area contributed by atoms with E-state index >= 15 is 0 Å². The minimum atomic E-state index is 0.740. The monoisotopic (exact) mass is 296 g/mol. The van der Waals surface area contributed by atoms with E-state index in [2.05, 4.69) is 45.1 Å². The lowest BCUT2D eigenvalue weighted by Crippen LogP contribution is -2.01. The highest BCUT2D eigenvalue weighted by Gasteiger charge is 2.12. The number of thioether (sulfide) groups is 1. The summed E-state index contributed by atoms with van der Waals surface area (Å²) in [6, 6.07) is 8.25. The summed E-state index contributed by atoms with van der Waals surface area (Å²) in [5.41, 5.74) is 4.52. The van der Waals surface area contributed by atoms with E-state index in [-0.39, 0.29) is 0 Å². The third-order valence-corrected chi connectivity index (χ3v) is 4.25. The number of imidazole rings is 2. The molecule has 4 rings (SSSR count). The highest BCUT2D eigenvalue weighted by Crippen LogP contribution is 2.20. The molecule has 0 saturated carbocycles. The Bertz CT molecular complexity index is 891. The van der Waals surface area contributed by atoms with Gasteiger partial charge < -0.3 is 0 Å². The quantitative estimate of drug-likeness (QED) is 0.591. The summed E-state index contributed by atoms with van der Waals surface area (Å²) in [4.78, 5) is 15.5. The first-order chi connectivity index (χ1) is 10.3. The van der Waals surface area contributed by atoms with E-state index in [9.17, 15) is 0 Å². The second-order valence-electron chi connectivity index (χ2n) is 4.98. The number of nitrogens with one attached hydrogen (secondary N) is 2. The van der Waals surface area contributed by atoms with E-state index in [1.807, 2.05) is 22.9 Å². The van der Waals surface area contributed by atoms with Gasteiger partial charge in [-0.05, 0) is 42.4 Å². The van der Waals surface area contributed by atoms with Gasteiger partial charge in [0.25, 0.3) is 0 Å². The second kappa shape index (κ2) is 4.89. The van der Waals surface area contributed by atoms with E-state index < -0.39 is 0 Å². The van der Waals surface area contributed by atoms with Crippen LogP contribution in [0.2, 0.25) is 0 Å². The van der Waals surface area contributed by atoms with Gasteiger partial charge in [0, 0.05) is 24.3 Å². The number of hydrogen-bond acceptors (Lipinski definition) is 3. The van der Waals surface area contributed by atoms with Crippen LogP contribution in [0.15, 0.2) is 48.0 Å². The second-order valence-corrected chi connectivity index (χ2v) is 5.96. The minimum Gasteiger partial charge on any atom is -0.291 e. The fourth-order valence-corrected chi connectivity index (χ4v) is 3.11. The predicted octanol–water partition coefficient (Wildman–Crippen LogP) is 2.63. The number of H-pyrrole nitrogens is 2. The molecule has 0 spiro atoms. The average molecular weight is 296 g/mol. The molecule has 0 aliphatic carbocycles. The molecule has 0 aliphatic heterocycles. The first-order valence-corrected chi connectivity index (χ1v) is 7.69. The maximum Gasteiger partial charge on any atom is 0.314 e. The fourth-order valence-electron chi connectivity index (χ4n) is 2.31. The van der Waals surface area contributed by atoms with Crippen molar-refractivity contribution in [3.05, 3.63) is 54.1 Å². The Morgan fingerprint density at radius 2 is 2.33 bits per heavy atom. The fraction of sp³-hybridized carbons (Fsp3) is 0.133. The van der Waals surface area contributed by atoms with Crippen LogP contribution in [0.5, 0.6) is 0 Å². The molecule has 21 heavy (non-hydrogen) atoms. The average Bonchev–Trinajstić information content (AvgIpc) is 3.07. The normalized spacial score (nSPS) is 11.5. The number of aryl methyl sites for hydroxylation is 1. The molecule has 6 heteroatoms. The van der Waals surface area contributed by atoms with Crippen LogP contribution in [-0.2, 0) is 5.75 Å². The highest BCUT2D eigenvalue weighted by atomic mass is 32.2. The summed E-state index contributed by atoms with van der Waals surface area (Å²) in [6.45, 7) is 2.09. The van der Waals surface area contributed by atoms with Gasteiger partial charge in [0.05, 0.1) is 5.69 Å². The van der Waals surface area contributed by atoms with Crippen LogP contribution in [0, 0.1) is 6.92 Å². The number of benzene rings is 1. The molecule has 5 nitrogen and oxygen atoms in total. The zero-order valence-electron chi connectivity index (χ0n) is 11.5. The molecular formula is C15H14N5S+. The van der Waals surface area contributed by atoms with Crippen LogP contribution in [0.1, 0.15) is 11.3 Å². The van der Waals surface area contributed by atoms with Gasteiger partial charge >= 0.3 is 5.16 Å². The highest BCUT2D eigenvalue weighted by molar-refractivity contribution is 7.98. The van der Waals surface area contributed by atoms with Crippen molar-refractivity contribution < 1.29 is 4.98 Å². The van der Waals surface area contributed by atoms with E-state index in [0.717, 1.165) is 33.4 Å². The lowest BCUT2D eigenvalue weighted by Gasteiger charge is -1.88. The van der Waals surface area contributed by atoms with Crippen LogP contribution in [-0.4, -0.2) is 19.4 Å². The summed E-state index contributed by atoms with van der Waals surface area (Å²) in [5, 5.41) is 1.04. The molecule has 0 amide bonds. The standard InChI is InChI=1S/C15H13N5S/c1-10-3-4-12-13(7-10)19-15(18-12)21-9-11-8-20-6-2-5-16-14(20)17-11/h2-8H,9H2,1H3,(H,18,19)/p+1. The summed E-state index contributed by atoms with van der Waals surface area (Å²) in [7, 11) is 0. The summed E-state index contributed by atoms with van der Waals surface area (Å²) < 4.78 is 1.94. The first kappa shape index (κ1) is 12.4. The minimum absolute atomic E-state index is 0.740. The summed E-state index contributed by atoms with van der Waals surface area (Å²) in [5.74, 6) is 1.54. The molecule has 0 saturated heterocycles. The van der Waals surface area contributed by atoms with Crippen molar-refractivity contribution in [3.63, 3.8) is 0 Å². The molecule has 3 aromatic heterocycles. The molecule has 0 fully saturated rings. The largest absolute Gasteiger partial charge is 0.314 e. The van der Waals surface area contributed by atoms with E-state index in [4.69, 9.17) is 0 Å². The third-order valence-electron chi connectivity index (χ3n) is 3.32. The Balaban J connectivity index is 1.57. The van der Waals surface area contributed by atoms with Crippen molar-refractivity contribution in [2.45, 2.75) is 17.8 Å². The Labute approximate surface area is 125 Å². The van der Waals surface area contributed by atoms with Crippen LogP contribution >= 0.6 is 11.8 Å². The molecular weight excluding hydrogens is 282 g/mol. The van der Waals surface area contributed by atoms with Crippen LogP contribution in [0.3, 0.4) is 0 Å². The summed E-state index contributed by atoms with van der Waals surface area (Å²) >= 11 is 1.71. The Morgan fingerprint density at radius 3 is 3.24 bits per heavy atom. The number of rotatable bonds is 3.